The van der Waals surface area contributed by atoms with E-state index in [4.69, 9.17) is 4.74 Å². The third-order valence-corrected chi connectivity index (χ3v) is 6.05. The predicted octanol–water partition coefficient (Wildman–Crippen LogP) is 4.84. The minimum absolute atomic E-state index is 0.163. The largest absolute Gasteiger partial charge is 0.469 e. The maximum Gasteiger partial charge on any atom is 0.319 e. The van der Waals surface area contributed by atoms with Gasteiger partial charge in [-0.05, 0) is 68.8 Å². The molecule has 2 aromatic rings. The first-order valence-electron chi connectivity index (χ1n) is 11.6. The van der Waals surface area contributed by atoms with Gasteiger partial charge in [0.15, 0.2) is 0 Å². The van der Waals surface area contributed by atoms with E-state index in [0.29, 0.717) is 19.0 Å². The van der Waals surface area contributed by atoms with Gasteiger partial charge in [0.25, 0.3) is 0 Å². The van der Waals surface area contributed by atoms with Crippen LogP contribution < -0.4 is 10.6 Å². The Kier molecular flexibility index (Phi) is 9.11. The van der Waals surface area contributed by atoms with Crippen LogP contribution in [0, 0.1) is 6.92 Å². The molecule has 0 saturated heterocycles. The number of aryl methyl sites for hydroxylation is 2. The summed E-state index contributed by atoms with van der Waals surface area (Å²) in [4.78, 5) is 26.2. The Balaban J connectivity index is 1.52. The first-order chi connectivity index (χ1) is 15.6. The number of nitrogens with zero attached hydrogens (tertiary/aromatic N) is 1. The normalized spacial score (nSPS) is 15.2. The number of methoxy groups -OCH3 is 1. The molecule has 2 amide bonds. The smallest absolute Gasteiger partial charge is 0.319 e. The summed E-state index contributed by atoms with van der Waals surface area (Å²) in [6, 6.07) is 16.6. The molecule has 2 aromatic carbocycles. The summed E-state index contributed by atoms with van der Waals surface area (Å²) in [5.74, 6) is -0.163. The van der Waals surface area contributed by atoms with Crippen LogP contribution in [0.25, 0.3) is 0 Å². The van der Waals surface area contributed by atoms with Crippen LogP contribution in [0.4, 0.5) is 10.5 Å². The number of amides is 2. The molecule has 6 heteroatoms. The highest BCUT2D eigenvalue weighted by Gasteiger charge is 2.25. The first-order valence-corrected chi connectivity index (χ1v) is 11.6. The molecular weight excluding hydrogens is 402 g/mol. The lowest BCUT2D eigenvalue weighted by atomic mass is 9.86. The van der Waals surface area contributed by atoms with Crippen LogP contribution in [0.2, 0.25) is 0 Å². The molecule has 2 N–H and O–H groups in total. The minimum atomic E-state index is -0.186. The topological polar surface area (TPSA) is 70.7 Å². The van der Waals surface area contributed by atoms with Gasteiger partial charge >= 0.3 is 12.0 Å². The average molecular weight is 438 g/mol. The van der Waals surface area contributed by atoms with Crippen molar-refractivity contribution in [2.75, 3.05) is 32.1 Å². The lowest BCUT2D eigenvalue weighted by Crippen LogP contribution is -2.36. The average Bonchev–Trinajstić information content (AvgIpc) is 2.81. The summed E-state index contributed by atoms with van der Waals surface area (Å²) < 4.78 is 4.80. The highest BCUT2D eigenvalue weighted by Crippen LogP contribution is 2.34. The molecule has 0 aromatic heterocycles. The fourth-order valence-corrected chi connectivity index (χ4v) is 4.36. The molecule has 1 unspecified atom stereocenters. The molecule has 172 valence electrons. The quantitative estimate of drug-likeness (QED) is 0.412. The van der Waals surface area contributed by atoms with Crippen LogP contribution in [0.1, 0.15) is 54.8 Å². The standard InChI is InChI=1S/C26H35N3O3/c1-20-13-15-22(16-14-20)28-26(31)27-17-7-19-29(18-6-12-25(30)32-2)24-11-5-9-21-8-3-4-10-23(21)24/h3-4,8,10,13-16,24H,5-7,9,11-12,17-19H2,1-2H3,(H2,27,28,31). The van der Waals surface area contributed by atoms with Crippen molar-refractivity contribution in [2.45, 2.75) is 51.5 Å². The summed E-state index contributed by atoms with van der Waals surface area (Å²) in [6.45, 7) is 4.32. The molecule has 0 aliphatic heterocycles. The molecule has 0 bridgehead atoms. The molecule has 3 rings (SSSR count). The van der Waals surface area contributed by atoms with E-state index < -0.39 is 0 Å². The number of hydrogen-bond donors (Lipinski definition) is 2. The van der Waals surface area contributed by atoms with E-state index in [9.17, 15) is 9.59 Å². The summed E-state index contributed by atoms with van der Waals surface area (Å²) in [5.41, 5.74) is 4.78. The lowest BCUT2D eigenvalue weighted by Gasteiger charge is -2.36. The number of ether oxygens (including phenoxy) is 1. The Hall–Kier alpha value is -2.86. The van der Waals surface area contributed by atoms with Crippen molar-refractivity contribution >= 4 is 17.7 Å². The lowest BCUT2D eigenvalue weighted by molar-refractivity contribution is -0.140. The minimum Gasteiger partial charge on any atom is -0.469 e. The summed E-state index contributed by atoms with van der Waals surface area (Å²) >= 11 is 0. The highest BCUT2D eigenvalue weighted by molar-refractivity contribution is 5.89. The van der Waals surface area contributed by atoms with Crippen LogP contribution in [0.15, 0.2) is 48.5 Å². The number of carbonyl (C=O) groups excluding carboxylic acids is 2. The molecular formula is C26H35N3O3. The SMILES string of the molecule is COC(=O)CCCN(CCCNC(=O)Nc1ccc(C)cc1)C1CCCc2ccccc21. The molecule has 0 fully saturated rings. The Bertz CT molecular complexity index is 882. The van der Waals surface area contributed by atoms with E-state index in [1.807, 2.05) is 31.2 Å². The zero-order chi connectivity index (χ0) is 22.8. The predicted molar refractivity (Wildman–Crippen MR) is 128 cm³/mol. The van der Waals surface area contributed by atoms with Gasteiger partial charge < -0.3 is 15.4 Å². The van der Waals surface area contributed by atoms with Crippen LogP contribution in [0.5, 0.6) is 0 Å². The molecule has 0 radical (unpaired) electrons. The van der Waals surface area contributed by atoms with Crippen molar-refractivity contribution in [3.05, 3.63) is 65.2 Å². The zero-order valence-corrected chi connectivity index (χ0v) is 19.2. The van der Waals surface area contributed by atoms with E-state index in [2.05, 4.69) is 39.8 Å². The maximum atomic E-state index is 12.2. The monoisotopic (exact) mass is 437 g/mol. The Labute approximate surface area is 191 Å². The second-order valence-electron chi connectivity index (χ2n) is 8.42. The van der Waals surface area contributed by atoms with Gasteiger partial charge in [0.05, 0.1) is 7.11 Å². The molecule has 1 aliphatic rings. The van der Waals surface area contributed by atoms with E-state index in [0.717, 1.165) is 50.0 Å². The van der Waals surface area contributed by atoms with Crippen molar-refractivity contribution in [3.63, 3.8) is 0 Å². The fraction of sp³-hybridized carbons (Fsp3) is 0.462. The van der Waals surface area contributed by atoms with Gasteiger partial charge in [0.2, 0.25) is 0 Å². The van der Waals surface area contributed by atoms with Crippen molar-refractivity contribution in [1.29, 1.82) is 0 Å². The van der Waals surface area contributed by atoms with Crippen molar-refractivity contribution in [1.82, 2.24) is 10.2 Å². The van der Waals surface area contributed by atoms with Crippen molar-refractivity contribution < 1.29 is 14.3 Å². The Morgan fingerprint density at radius 1 is 1.06 bits per heavy atom. The number of esters is 1. The third-order valence-electron chi connectivity index (χ3n) is 6.05. The van der Waals surface area contributed by atoms with Gasteiger partial charge in [-0.1, -0.05) is 42.0 Å². The Morgan fingerprint density at radius 2 is 1.81 bits per heavy atom. The summed E-state index contributed by atoms with van der Waals surface area (Å²) in [7, 11) is 1.44. The molecule has 0 saturated carbocycles. The van der Waals surface area contributed by atoms with E-state index >= 15 is 0 Å². The highest BCUT2D eigenvalue weighted by atomic mass is 16.5. The second-order valence-corrected chi connectivity index (χ2v) is 8.42. The zero-order valence-electron chi connectivity index (χ0n) is 19.2. The summed E-state index contributed by atoms with van der Waals surface area (Å²) in [6.07, 6.45) is 5.47. The van der Waals surface area contributed by atoms with Gasteiger partial charge in [0.1, 0.15) is 0 Å². The second kappa shape index (κ2) is 12.2. The number of carbonyl (C=O) groups is 2. The van der Waals surface area contributed by atoms with Crippen LogP contribution in [-0.4, -0.2) is 43.6 Å². The van der Waals surface area contributed by atoms with Crippen molar-refractivity contribution in [2.24, 2.45) is 0 Å². The third kappa shape index (κ3) is 7.09. The van der Waals surface area contributed by atoms with Gasteiger partial charge in [-0.15, -0.1) is 0 Å². The van der Waals surface area contributed by atoms with E-state index in [-0.39, 0.29) is 12.0 Å². The van der Waals surface area contributed by atoms with Gasteiger partial charge in [-0.3, -0.25) is 9.69 Å². The number of anilines is 1. The molecule has 6 nitrogen and oxygen atoms in total. The van der Waals surface area contributed by atoms with Crippen molar-refractivity contribution in [3.8, 4) is 0 Å². The molecule has 32 heavy (non-hydrogen) atoms. The van der Waals surface area contributed by atoms with Crippen LogP contribution >= 0.6 is 0 Å². The van der Waals surface area contributed by atoms with Gasteiger partial charge in [-0.25, -0.2) is 4.79 Å². The number of benzene rings is 2. The number of fused-ring (bicyclic) bond motifs is 1. The van der Waals surface area contributed by atoms with Crippen LogP contribution in [-0.2, 0) is 16.0 Å². The molecule has 0 heterocycles. The fourth-order valence-electron chi connectivity index (χ4n) is 4.36. The molecule has 1 atom stereocenters. The van der Waals surface area contributed by atoms with E-state index in [1.54, 1.807) is 0 Å². The Morgan fingerprint density at radius 3 is 2.59 bits per heavy atom. The first kappa shape index (κ1) is 23.8. The number of nitrogens with one attached hydrogen (secondary N) is 2. The molecule has 1 aliphatic carbocycles. The number of hydrogen-bond acceptors (Lipinski definition) is 4. The number of rotatable bonds is 10. The van der Waals surface area contributed by atoms with E-state index in [1.165, 1.54) is 24.7 Å². The molecule has 0 spiro atoms. The maximum absolute atomic E-state index is 12.2. The van der Waals surface area contributed by atoms with Gasteiger partial charge in [-0.2, -0.15) is 0 Å². The van der Waals surface area contributed by atoms with Crippen LogP contribution in [0.3, 0.4) is 0 Å². The van der Waals surface area contributed by atoms with Gasteiger partial charge in [0, 0.05) is 31.2 Å². The summed E-state index contributed by atoms with van der Waals surface area (Å²) in [5, 5.41) is 5.83. The number of urea groups is 1.